The Kier molecular flexibility index (Phi) is 4.96. The Morgan fingerprint density at radius 3 is 2.81 bits per heavy atom. The Morgan fingerprint density at radius 2 is 2.25 bits per heavy atom. The van der Waals surface area contributed by atoms with E-state index < -0.39 is 0 Å². The lowest BCUT2D eigenvalue weighted by molar-refractivity contribution is -0.145. The third-order valence-corrected chi connectivity index (χ3v) is 2.59. The summed E-state index contributed by atoms with van der Waals surface area (Å²) < 4.78 is 5.11. The van der Waals surface area contributed by atoms with E-state index in [1.54, 1.807) is 12.4 Å². The van der Waals surface area contributed by atoms with E-state index in [1.165, 1.54) is 0 Å². The van der Waals surface area contributed by atoms with Crippen LogP contribution in [0.4, 0.5) is 0 Å². The van der Waals surface area contributed by atoms with E-state index in [0.717, 1.165) is 24.0 Å². The molecule has 0 saturated carbocycles. The number of aryl methyl sites for hydroxylation is 1. The maximum atomic E-state index is 11.8. The molecule has 1 aromatic heterocycles. The van der Waals surface area contributed by atoms with Crippen molar-refractivity contribution in [2.45, 2.75) is 39.5 Å². The van der Waals surface area contributed by atoms with Crippen LogP contribution in [0.1, 0.15) is 43.7 Å². The molecule has 1 atom stereocenters. The average molecular weight is 221 g/mol. The van der Waals surface area contributed by atoms with Gasteiger partial charge in [-0.3, -0.25) is 9.78 Å². The average Bonchev–Trinajstić information content (AvgIpc) is 2.27. The van der Waals surface area contributed by atoms with Gasteiger partial charge in [-0.25, -0.2) is 0 Å². The molecule has 0 saturated heterocycles. The van der Waals surface area contributed by atoms with E-state index in [2.05, 4.69) is 11.9 Å². The van der Waals surface area contributed by atoms with Crippen LogP contribution >= 0.6 is 0 Å². The first-order valence-electron chi connectivity index (χ1n) is 5.77. The minimum absolute atomic E-state index is 0.126. The highest BCUT2D eigenvalue weighted by Crippen LogP contribution is 2.25. The van der Waals surface area contributed by atoms with Gasteiger partial charge in [0.05, 0.1) is 12.5 Å². The van der Waals surface area contributed by atoms with Crippen LogP contribution < -0.4 is 0 Å². The molecule has 0 aliphatic carbocycles. The van der Waals surface area contributed by atoms with E-state index in [9.17, 15) is 4.79 Å². The summed E-state index contributed by atoms with van der Waals surface area (Å²) in [5.41, 5.74) is 2.09. The summed E-state index contributed by atoms with van der Waals surface area (Å²) in [7, 11) is 0. The summed E-state index contributed by atoms with van der Waals surface area (Å²) in [4.78, 5) is 15.9. The SMILES string of the molecule is CCCC(C(=O)OCC)c1ccncc1C. The van der Waals surface area contributed by atoms with Crippen LogP contribution in [0.25, 0.3) is 0 Å². The Morgan fingerprint density at radius 1 is 1.50 bits per heavy atom. The van der Waals surface area contributed by atoms with E-state index in [-0.39, 0.29) is 11.9 Å². The lowest BCUT2D eigenvalue weighted by Gasteiger charge is -2.16. The van der Waals surface area contributed by atoms with E-state index in [4.69, 9.17) is 4.74 Å². The molecule has 0 bridgehead atoms. The highest BCUT2D eigenvalue weighted by molar-refractivity contribution is 5.78. The van der Waals surface area contributed by atoms with Crippen LogP contribution in [0.5, 0.6) is 0 Å². The molecule has 0 fully saturated rings. The van der Waals surface area contributed by atoms with Crippen LogP contribution in [0.2, 0.25) is 0 Å². The van der Waals surface area contributed by atoms with Gasteiger partial charge in [-0.2, -0.15) is 0 Å². The first-order chi connectivity index (χ1) is 7.70. The second kappa shape index (κ2) is 6.26. The fourth-order valence-electron chi connectivity index (χ4n) is 1.81. The summed E-state index contributed by atoms with van der Waals surface area (Å²) in [6.07, 6.45) is 5.30. The van der Waals surface area contributed by atoms with Gasteiger partial charge in [-0.15, -0.1) is 0 Å². The second-order valence-corrected chi connectivity index (χ2v) is 3.83. The fraction of sp³-hybridized carbons (Fsp3) is 0.538. The van der Waals surface area contributed by atoms with Crippen LogP contribution in [-0.4, -0.2) is 17.6 Å². The number of pyridine rings is 1. The molecule has 1 heterocycles. The summed E-state index contributed by atoms with van der Waals surface area (Å²) in [6, 6.07) is 1.91. The molecular formula is C13H19NO2. The molecular weight excluding hydrogens is 202 g/mol. The maximum Gasteiger partial charge on any atom is 0.313 e. The molecule has 88 valence electrons. The minimum Gasteiger partial charge on any atom is -0.466 e. The largest absolute Gasteiger partial charge is 0.466 e. The van der Waals surface area contributed by atoms with Crippen molar-refractivity contribution >= 4 is 5.97 Å². The first kappa shape index (κ1) is 12.7. The van der Waals surface area contributed by atoms with Gasteiger partial charge >= 0.3 is 5.97 Å². The number of esters is 1. The van der Waals surface area contributed by atoms with E-state index in [1.807, 2.05) is 19.9 Å². The highest BCUT2D eigenvalue weighted by atomic mass is 16.5. The summed E-state index contributed by atoms with van der Waals surface area (Å²) in [6.45, 7) is 6.32. The maximum absolute atomic E-state index is 11.8. The zero-order valence-corrected chi connectivity index (χ0v) is 10.2. The molecule has 3 heteroatoms. The van der Waals surface area contributed by atoms with Crippen molar-refractivity contribution in [1.82, 2.24) is 4.98 Å². The van der Waals surface area contributed by atoms with Crippen molar-refractivity contribution in [2.75, 3.05) is 6.61 Å². The van der Waals surface area contributed by atoms with Gasteiger partial charge in [0.2, 0.25) is 0 Å². The number of nitrogens with zero attached hydrogens (tertiary/aromatic N) is 1. The lowest BCUT2D eigenvalue weighted by atomic mass is 9.92. The molecule has 0 spiro atoms. The Balaban J connectivity index is 2.93. The van der Waals surface area contributed by atoms with Crippen LogP contribution in [0.15, 0.2) is 18.5 Å². The second-order valence-electron chi connectivity index (χ2n) is 3.83. The number of carbonyl (C=O) groups is 1. The lowest BCUT2D eigenvalue weighted by Crippen LogP contribution is -2.17. The normalized spacial score (nSPS) is 12.2. The molecule has 0 aromatic carbocycles. The van der Waals surface area contributed by atoms with E-state index in [0.29, 0.717) is 6.61 Å². The van der Waals surface area contributed by atoms with Gasteiger partial charge in [-0.1, -0.05) is 13.3 Å². The first-order valence-corrected chi connectivity index (χ1v) is 5.77. The molecule has 16 heavy (non-hydrogen) atoms. The van der Waals surface area contributed by atoms with E-state index >= 15 is 0 Å². The van der Waals surface area contributed by atoms with Crippen molar-refractivity contribution in [3.63, 3.8) is 0 Å². The number of ether oxygens (including phenoxy) is 1. The number of hydrogen-bond donors (Lipinski definition) is 0. The Hall–Kier alpha value is -1.38. The van der Waals surface area contributed by atoms with Crippen molar-refractivity contribution in [1.29, 1.82) is 0 Å². The van der Waals surface area contributed by atoms with Crippen LogP contribution in [0, 0.1) is 6.92 Å². The smallest absolute Gasteiger partial charge is 0.313 e. The Bertz CT molecular complexity index is 350. The molecule has 0 aliphatic heterocycles. The van der Waals surface area contributed by atoms with Crippen molar-refractivity contribution in [3.8, 4) is 0 Å². The quantitative estimate of drug-likeness (QED) is 0.718. The summed E-state index contributed by atoms with van der Waals surface area (Å²) in [5.74, 6) is -0.272. The van der Waals surface area contributed by atoms with Gasteiger partial charge in [-0.05, 0) is 37.5 Å². The molecule has 1 aromatic rings. The van der Waals surface area contributed by atoms with Crippen LogP contribution in [0.3, 0.4) is 0 Å². The van der Waals surface area contributed by atoms with Crippen molar-refractivity contribution in [2.24, 2.45) is 0 Å². The molecule has 3 nitrogen and oxygen atoms in total. The molecule has 0 radical (unpaired) electrons. The number of carbonyl (C=O) groups excluding carboxylic acids is 1. The predicted octanol–water partition coefficient (Wildman–Crippen LogP) is 2.84. The zero-order valence-electron chi connectivity index (χ0n) is 10.2. The topological polar surface area (TPSA) is 39.2 Å². The molecule has 1 unspecified atom stereocenters. The fourth-order valence-corrected chi connectivity index (χ4v) is 1.81. The number of rotatable bonds is 5. The number of hydrogen-bond acceptors (Lipinski definition) is 3. The zero-order chi connectivity index (χ0) is 12.0. The molecule has 0 aliphatic rings. The highest BCUT2D eigenvalue weighted by Gasteiger charge is 2.22. The number of aromatic nitrogens is 1. The van der Waals surface area contributed by atoms with Crippen molar-refractivity contribution in [3.05, 3.63) is 29.6 Å². The van der Waals surface area contributed by atoms with Crippen LogP contribution in [-0.2, 0) is 9.53 Å². The van der Waals surface area contributed by atoms with Gasteiger partial charge in [0.1, 0.15) is 0 Å². The van der Waals surface area contributed by atoms with Crippen molar-refractivity contribution < 1.29 is 9.53 Å². The van der Waals surface area contributed by atoms with Gasteiger partial charge < -0.3 is 4.74 Å². The summed E-state index contributed by atoms with van der Waals surface area (Å²) >= 11 is 0. The summed E-state index contributed by atoms with van der Waals surface area (Å²) in [5, 5.41) is 0. The molecule has 1 rings (SSSR count). The third-order valence-electron chi connectivity index (χ3n) is 2.59. The molecule has 0 amide bonds. The monoisotopic (exact) mass is 221 g/mol. The Labute approximate surface area is 96.8 Å². The minimum atomic E-state index is -0.145. The standard InChI is InChI=1S/C13H19NO2/c1-4-6-12(13(15)16-5-2)11-7-8-14-9-10(11)3/h7-9,12H,4-6H2,1-3H3. The van der Waals surface area contributed by atoms with Gasteiger partial charge in [0.25, 0.3) is 0 Å². The predicted molar refractivity (Wildman–Crippen MR) is 63.3 cm³/mol. The molecule has 0 N–H and O–H groups in total. The third kappa shape index (κ3) is 3.05. The van der Waals surface area contributed by atoms with Gasteiger partial charge in [0, 0.05) is 12.4 Å². The van der Waals surface area contributed by atoms with Gasteiger partial charge in [0.15, 0.2) is 0 Å².